The molecule has 1 saturated heterocycles. The molecule has 1 fully saturated rings. The highest BCUT2D eigenvalue weighted by molar-refractivity contribution is 5.04. The zero-order valence-corrected chi connectivity index (χ0v) is 13.9. The van der Waals surface area contributed by atoms with E-state index < -0.39 is 0 Å². The van der Waals surface area contributed by atoms with Crippen molar-refractivity contribution in [3.8, 4) is 6.07 Å². The third-order valence-electron chi connectivity index (χ3n) is 4.34. The zero-order valence-electron chi connectivity index (χ0n) is 13.9. The summed E-state index contributed by atoms with van der Waals surface area (Å²) in [5, 5.41) is 12.7. The Bertz CT molecular complexity index is 323. The van der Waals surface area contributed by atoms with Gasteiger partial charge in [0.05, 0.1) is 6.07 Å². The van der Waals surface area contributed by atoms with Gasteiger partial charge in [0.1, 0.15) is 5.54 Å². The molecule has 20 heavy (non-hydrogen) atoms. The van der Waals surface area contributed by atoms with Crippen LogP contribution in [0.5, 0.6) is 0 Å². The molecule has 1 N–H and O–H groups in total. The Kier molecular flexibility index (Phi) is 6.94. The van der Waals surface area contributed by atoms with Crippen LogP contribution in [0.4, 0.5) is 0 Å². The van der Waals surface area contributed by atoms with Gasteiger partial charge in [0.25, 0.3) is 0 Å². The van der Waals surface area contributed by atoms with Crippen LogP contribution in [0.3, 0.4) is 0 Å². The van der Waals surface area contributed by atoms with Gasteiger partial charge in [0.15, 0.2) is 0 Å². The largest absolute Gasteiger partial charge is 0.301 e. The van der Waals surface area contributed by atoms with Gasteiger partial charge < -0.3 is 9.80 Å². The van der Waals surface area contributed by atoms with Crippen molar-refractivity contribution in [2.45, 2.75) is 64.6 Å². The van der Waals surface area contributed by atoms with Crippen molar-refractivity contribution < 1.29 is 0 Å². The highest BCUT2D eigenvalue weighted by atomic mass is 15.3. The summed E-state index contributed by atoms with van der Waals surface area (Å²) in [5.41, 5.74) is -0.384. The summed E-state index contributed by atoms with van der Waals surface area (Å²) in [5.74, 6) is 0. The van der Waals surface area contributed by atoms with Gasteiger partial charge in [-0.15, -0.1) is 0 Å². The number of rotatable bonds is 7. The Morgan fingerprint density at radius 1 is 1.40 bits per heavy atom. The first-order valence-corrected chi connectivity index (χ1v) is 8.01. The van der Waals surface area contributed by atoms with E-state index in [-0.39, 0.29) is 5.54 Å². The highest BCUT2D eigenvalue weighted by Gasteiger charge is 2.26. The van der Waals surface area contributed by atoms with Gasteiger partial charge in [-0.05, 0) is 53.6 Å². The average Bonchev–Trinajstić information content (AvgIpc) is 2.40. The topological polar surface area (TPSA) is 42.3 Å². The SMILES string of the molecule is CCC1CN(CCCC(C)(C#N)NC(C)C)CCN1C. The molecule has 0 aromatic carbocycles. The molecule has 0 aromatic heterocycles. The van der Waals surface area contributed by atoms with Gasteiger partial charge in [-0.3, -0.25) is 5.32 Å². The minimum Gasteiger partial charge on any atom is -0.301 e. The maximum absolute atomic E-state index is 9.35. The number of hydrogen-bond donors (Lipinski definition) is 1. The Morgan fingerprint density at radius 3 is 2.65 bits per heavy atom. The van der Waals surface area contributed by atoms with Crippen molar-refractivity contribution in [3.63, 3.8) is 0 Å². The Morgan fingerprint density at radius 2 is 2.10 bits per heavy atom. The minimum atomic E-state index is -0.384. The summed E-state index contributed by atoms with van der Waals surface area (Å²) in [6.07, 6.45) is 3.23. The number of nitrogens with zero attached hydrogens (tertiary/aromatic N) is 3. The number of hydrogen-bond acceptors (Lipinski definition) is 4. The van der Waals surface area contributed by atoms with E-state index in [9.17, 15) is 5.26 Å². The van der Waals surface area contributed by atoms with E-state index in [0.29, 0.717) is 12.1 Å². The lowest BCUT2D eigenvalue weighted by Gasteiger charge is -2.39. The van der Waals surface area contributed by atoms with E-state index in [1.807, 2.05) is 6.92 Å². The van der Waals surface area contributed by atoms with Gasteiger partial charge >= 0.3 is 0 Å². The summed E-state index contributed by atoms with van der Waals surface area (Å²) in [4.78, 5) is 5.03. The molecule has 1 heterocycles. The fourth-order valence-corrected chi connectivity index (χ4v) is 3.11. The van der Waals surface area contributed by atoms with E-state index >= 15 is 0 Å². The van der Waals surface area contributed by atoms with E-state index in [1.54, 1.807) is 0 Å². The van der Waals surface area contributed by atoms with E-state index in [4.69, 9.17) is 0 Å². The number of likely N-dealkylation sites (N-methyl/N-ethyl adjacent to an activating group) is 1. The molecule has 0 radical (unpaired) electrons. The van der Waals surface area contributed by atoms with Crippen molar-refractivity contribution >= 4 is 0 Å². The summed E-state index contributed by atoms with van der Waals surface area (Å²) < 4.78 is 0. The maximum Gasteiger partial charge on any atom is 0.104 e. The van der Waals surface area contributed by atoms with Crippen LogP contribution in [0.1, 0.15) is 47.0 Å². The third kappa shape index (κ3) is 5.40. The molecule has 1 aliphatic heterocycles. The van der Waals surface area contributed by atoms with Crippen molar-refractivity contribution in [3.05, 3.63) is 0 Å². The summed E-state index contributed by atoms with van der Waals surface area (Å²) in [6.45, 7) is 13.1. The van der Waals surface area contributed by atoms with Gasteiger partial charge in [-0.1, -0.05) is 6.92 Å². The van der Waals surface area contributed by atoms with Crippen LogP contribution in [0.15, 0.2) is 0 Å². The summed E-state index contributed by atoms with van der Waals surface area (Å²) in [6, 6.07) is 3.49. The second kappa shape index (κ2) is 7.97. The lowest BCUT2D eigenvalue weighted by Crippen LogP contribution is -2.51. The van der Waals surface area contributed by atoms with Crippen LogP contribution in [0, 0.1) is 11.3 Å². The first kappa shape index (κ1) is 17.4. The predicted molar refractivity (Wildman–Crippen MR) is 84.7 cm³/mol. The standard InChI is InChI=1S/C16H32N4/c1-6-15-12-20(11-10-19(15)5)9-7-8-16(4,13-17)18-14(2)3/h14-15,18H,6-12H2,1-5H3. The molecule has 4 heteroatoms. The molecule has 0 aliphatic carbocycles. The van der Waals surface area contributed by atoms with Crippen LogP contribution >= 0.6 is 0 Å². The average molecular weight is 280 g/mol. The van der Waals surface area contributed by atoms with Crippen LogP contribution < -0.4 is 5.32 Å². The molecule has 0 amide bonds. The van der Waals surface area contributed by atoms with Gasteiger partial charge in [-0.25, -0.2) is 0 Å². The lowest BCUT2D eigenvalue weighted by molar-refractivity contribution is 0.0908. The van der Waals surface area contributed by atoms with Gasteiger partial charge in [0, 0.05) is 31.7 Å². The van der Waals surface area contributed by atoms with Crippen molar-refractivity contribution in [1.29, 1.82) is 5.26 Å². The van der Waals surface area contributed by atoms with Crippen molar-refractivity contribution in [1.82, 2.24) is 15.1 Å². The second-order valence-corrected chi connectivity index (χ2v) is 6.69. The maximum atomic E-state index is 9.35. The molecule has 0 bridgehead atoms. The van der Waals surface area contributed by atoms with Crippen LogP contribution in [-0.4, -0.2) is 60.6 Å². The molecular weight excluding hydrogens is 248 g/mol. The number of piperazine rings is 1. The van der Waals surface area contributed by atoms with Crippen LogP contribution in [-0.2, 0) is 0 Å². The second-order valence-electron chi connectivity index (χ2n) is 6.69. The van der Waals surface area contributed by atoms with Crippen molar-refractivity contribution in [2.24, 2.45) is 0 Å². The Balaban J connectivity index is 2.35. The molecule has 2 unspecified atom stereocenters. The number of nitrogens with one attached hydrogen (secondary N) is 1. The molecular formula is C16H32N4. The van der Waals surface area contributed by atoms with Gasteiger partial charge in [0.2, 0.25) is 0 Å². The Labute approximate surface area is 125 Å². The summed E-state index contributed by atoms with van der Waals surface area (Å²) >= 11 is 0. The van der Waals surface area contributed by atoms with Gasteiger partial charge in [-0.2, -0.15) is 5.26 Å². The van der Waals surface area contributed by atoms with E-state index in [2.05, 4.69) is 49.0 Å². The fraction of sp³-hybridized carbons (Fsp3) is 0.938. The third-order valence-corrected chi connectivity index (χ3v) is 4.34. The first-order valence-electron chi connectivity index (χ1n) is 8.01. The minimum absolute atomic E-state index is 0.354. The fourth-order valence-electron chi connectivity index (χ4n) is 3.11. The smallest absolute Gasteiger partial charge is 0.104 e. The molecule has 1 aliphatic rings. The lowest BCUT2D eigenvalue weighted by atomic mass is 9.96. The van der Waals surface area contributed by atoms with Crippen LogP contribution in [0.2, 0.25) is 0 Å². The Hall–Kier alpha value is -0.630. The molecule has 0 aromatic rings. The molecule has 116 valence electrons. The first-order chi connectivity index (χ1) is 9.40. The quantitative estimate of drug-likeness (QED) is 0.775. The molecule has 2 atom stereocenters. The number of nitriles is 1. The molecule has 1 rings (SSSR count). The van der Waals surface area contributed by atoms with Crippen molar-refractivity contribution in [2.75, 3.05) is 33.2 Å². The van der Waals surface area contributed by atoms with Crippen LogP contribution in [0.25, 0.3) is 0 Å². The molecule has 0 spiro atoms. The normalized spacial score (nSPS) is 24.6. The molecule has 0 saturated carbocycles. The zero-order chi connectivity index (χ0) is 15.2. The van der Waals surface area contributed by atoms with E-state index in [1.165, 1.54) is 13.0 Å². The molecule has 4 nitrogen and oxygen atoms in total. The summed E-state index contributed by atoms with van der Waals surface area (Å²) in [7, 11) is 2.23. The predicted octanol–water partition coefficient (Wildman–Crippen LogP) is 2.07. The van der Waals surface area contributed by atoms with E-state index in [0.717, 1.165) is 32.5 Å². The highest BCUT2D eigenvalue weighted by Crippen LogP contribution is 2.15. The monoisotopic (exact) mass is 280 g/mol.